The van der Waals surface area contributed by atoms with Gasteiger partial charge in [0.2, 0.25) is 0 Å². The Morgan fingerprint density at radius 1 is 1.16 bits per heavy atom. The highest BCUT2D eigenvalue weighted by molar-refractivity contribution is 6.30. The molecule has 0 saturated carbocycles. The van der Waals surface area contributed by atoms with Gasteiger partial charge in [0.05, 0.1) is 0 Å². The van der Waals surface area contributed by atoms with Gasteiger partial charge >= 0.3 is 0 Å². The molecule has 1 amide bonds. The molecule has 3 rings (SSSR count). The summed E-state index contributed by atoms with van der Waals surface area (Å²) < 4.78 is 26.9. The molecule has 0 aromatic heterocycles. The van der Waals surface area contributed by atoms with Crippen molar-refractivity contribution in [2.45, 2.75) is 18.4 Å². The highest BCUT2D eigenvalue weighted by Crippen LogP contribution is 2.29. The van der Waals surface area contributed by atoms with Crippen molar-refractivity contribution in [3.05, 3.63) is 70.2 Å². The van der Waals surface area contributed by atoms with Crippen LogP contribution in [0.3, 0.4) is 0 Å². The summed E-state index contributed by atoms with van der Waals surface area (Å²) in [6, 6.07) is 10.6. The van der Waals surface area contributed by atoms with Gasteiger partial charge in [-0.15, -0.1) is 0 Å². The van der Waals surface area contributed by atoms with E-state index in [2.05, 4.69) is 5.32 Å². The number of hydrogen-bond acceptors (Lipinski definition) is 2. The summed E-state index contributed by atoms with van der Waals surface area (Å²) in [5, 5.41) is 3.84. The molecule has 132 valence electrons. The van der Waals surface area contributed by atoms with E-state index < -0.39 is 11.6 Å². The van der Waals surface area contributed by atoms with Gasteiger partial charge in [0, 0.05) is 36.1 Å². The van der Waals surface area contributed by atoms with E-state index in [1.54, 1.807) is 42.3 Å². The molecule has 0 aliphatic carbocycles. The van der Waals surface area contributed by atoms with E-state index in [0.29, 0.717) is 22.7 Å². The Kier molecular flexibility index (Phi) is 5.35. The van der Waals surface area contributed by atoms with Gasteiger partial charge in [-0.25, -0.2) is 8.78 Å². The minimum atomic E-state index is -0.867. The molecule has 0 spiro atoms. The van der Waals surface area contributed by atoms with Crippen LogP contribution >= 0.6 is 11.6 Å². The number of likely N-dealkylation sites (N-methyl/N-ethyl adjacent to an activating group) is 1. The SMILES string of the molecule is CN(C(=O)c1ccc(Cl)cc1)C1CCNCC1c1ccc(F)c(F)c1. The van der Waals surface area contributed by atoms with Crippen molar-refractivity contribution in [3.8, 4) is 0 Å². The van der Waals surface area contributed by atoms with Crippen LogP contribution in [0.1, 0.15) is 28.3 Å². The number of nitrogens with one attached hydrogen (secondary N) is 1. The van der Waals surface area contributed by atoms with Gasteiger partial charge in [0.15, 0.2) is 11.6 Å². The lowest BCUT2D eigenvalue weighted by Gasteiger charge is -2.38. The van der Waals surface area contributed by atoms with Gasteiger partial charge < -0.3 is 10.2 Å². The molecule has 2 aromatic carbocycles. The smallest absolute Gasteiger partial charge is 0.253 e. The second kappa shape index (κ2) is 7.50. The summed E-state index contributed by atoms with van der Waals surface area (Å²) in [7, 11) is 1.75. The number of amides is 1. The molecule has 0 bridgehead atoms. The average Bonchev–Trinajstić information content (AvgIpc) is 2.63. The molecule has 2 aromatic rings. The van der Waals surface area contributed by atoms with Crippen molar-refractivity contribution in [2.75, 3.05) is 20.1 Å². The van der Waals surface area contributed by atoms with Gasteiger partial charge in [-0.2, -0.15) is 0 Å². The lowest BCUT2D eigenvalue weighted by molar-refractivity contribution is 0.0679. The second-order valence-corrected chi connectivity index (χ2v) is 6.70. The molecule has 1 N–H and O–H groups in total. The summed E-state index contributed by atoms with van der Waals surface area (Å²) in [4.78, 5) is 14.5. The van der Waals surface area contributed by atoms with Crippen molar-refractivity contribution in [1.82, 2.24) is 10.2 Å². The molecule has 1 fully saturated rings. The fraction of sp³-hybridized carbons (Fsp3) is 0.316. The topological polar surface area (TPSA) is 32.3 Å². The highest BCUT2D eigenvalue weighted by atomic mass is 35.5. The zero-order chi connectivity index (χ0) is 18.0. The third-order valence-electron chi connectivity index (χ3n) is 4.73. The first-order valence-electron chi connectivity index (χ1n) is 8.16. The minimum Gasteiger partial charge on any atom is -0.338 e. The summed E-state index contributed by atoms with van der Waals surface area (Å²) in [6.07, 6.45) is 0.736. The molecule has 1 heterocycles. The summed E-state index contributed by atoms with van der Waals surface area (Å²) in [6.45, 7) is 1.37. The molecule has 1 saturated heterocycles. The third kappa shape index (κ3) is 3.83. The van der Waals surface area contributed by atoms with Crippen molar-refractivity contribution in [2.24, 2.45) is 0 Å². The van der Waals surface area contributed by atoms with E-state index in [4.69, 9.17) is 11.6 Å². The zero-order valence-electron chi connectivity index (χ0n) is 13.8. The van der Waals surface area contributed by atoms with Crippen LogP contribution in [0.5, 0.6) is 0 Å². The first kappa shape index (κ1) is 17.8. The van der Waals surface area contributed by atoms with Crippen molar-refractivity contribution < 1.29 is 13.6 Å². The van der Waals surface area contributed by atoms with E-state index in [0.717, 1.165) is 19.0 Å². The molecular weight excluding hydrogens is 346 g/mol. The number of hydrogen-bond donors (Lipinski definition) is 1. The van der Waals surface area contributed by atoms with E-state index >= 15 is 0 Å². The van der Waals surface area contributed by atoms with Crippen molar-refractivity contribution in [3.63, 3.8) is 0 Å². The Morgan fingerprint density at radius 2 is 1.88 bits per heavy atom. The maximum Gasteiger partial charge on any atom is 0.253 e. The highest BCUT2D eigenvalue weighted by Gasteiger charge is 2.32. The van der Waals surface area contributed by atoms with E-state index in [9.17, 15) is 13.6 Å². The van der Waals surface area contributed by atoms with Crippen LogP contribution in [-0.4, -0.2) is 37.0 Å². The van der Waals surface area contributed by atoms with Gasteiger partial charge in [-0.1, -0.05) is 17.7 Å². The number of rotatable bonds is 3. The van der Waals surface area contributed by atoms with Gasteiger partial charge in [0.25, 0.3) is 5.91 Å². The average molecular weight is 365 g/mol. The molecular formula is C19H19ClF2N2O. The molecule has 0 radical (unpaired) electrons. The van der Waals surface area contributed by atoms with Gasteiger partial charge in [-0.3, -0.25) is 4.79 Å². The zero-order valence-corrected chi connectivity index (χ0v) is 14.6. The van der Waals surface area contributed by atoms with E-state index in [1.807, 2.05) is 0 Å². The van der Waals surface area contributed by atoms with Crippen LogP contribution in [0.25, 0.3) is 0 Å². The predicted molar refractivity (Wildman–Crippen MR) is 93.9 cm³/mol. The summed E-state index contributed by atoms with van der Waals surface area (Å²) in [5.41, 5.74) is 1.24. The number of benzene rings is 2. The number of piperidine rings is 1. The first-order valence-corrected chi connectivity index (χ1v) is 8.53. The van der Waals surface area contributed by atoms with Crippen LogP contribution in [0.15, 0.2) is 42.5 Å². The first-order chi connectivity index (χ1) is 12.0. The summed E-state index contributed by atoms with van der Waals surface area (Å²) in [5.74, 6) is -1.95. The molecule has 25 heavy (non-hydrogen) atoms. The van der Waals surface area contributed by atoms with E-state index in [1.165, 1.54) is 6.07 Å². The van der Waals surface area contributed by atoms with Gasteiger partial charge in [0.1, 0.15) is 0 Å². The molecule has 6 heteroatoms. The monoisotopic (exact) mass is 364 g/mol. The third-order valence-corrected chi connectivity index (χ3v) is 4.98. The van der Waals surface area contributed by atoms with Crippen LogP contribution in [0, 0.1) is 11.6 Å². The number of nitrogens with zero attached hydrogens (tertiary/aromatic N) is 1. The Hall–Kier alpha value is -1.98. The maximum atomic E-state index is 13.6. The van der Waals surface area contributed by atoms with Crippen molar-refractivity contribution >= 4 is 17.5 Å². The number of halogens is 3. The fourth-order valence-electron chi connectivity index (χ4n) is 3.34. The van der Waals surface area contributed by atoms with Crippen LogP contribution in [0.2, 0.25) is 5.02 Å². The molecule has 3 nitrogen and oxygen atoms in total. The fourth-order valence-corrected chi connectivity index (χ4v) is 3.46. The van der Waals surface area contributed by atoms with Crippen LogP contribution in [0.4, 0.5) is 8.78 Å². The van der Waals surface area contributed by atoms with Gasteiger partial charge in [-0.05, 0) is 54.9 Å². The Labute approximate surface area is 150 Å². The van der Waals surface area contributed by atoms with E-state index in [-0.39, 0.29) is 17.9 Å². The Morgan fingerprint density at radius 3 is 2.56 bits per heavy atom. The predicted octanol–water partition coefficient (Wildman–Crippen LogP) is 3.84. The quantitative estimate of drug-likeness (QED) is 0.897. The maximum absolute atomic E-state index is 13.6. The Bertz CT molecular complexity index is 767. The second-order valence-electron chi connectivity index (χ2n) is 6.26. The van der Waals surface area contributed by atoms with Crippen LogP contribution < -0.4 is 5.32 Å². The normalized spacial score (nSPS) is 20.3. The van der Waals surface area contributed by atoms with Crippen molar-refractivity contribution in [1.29, 1.82) is 0 Å². The van der Waals surface area contributed by atoms with Crippen LogP contribution in [-0.2, 0) is 0 Å². The largest absolute Gasteiger partial charge is 0.338 e. The number of carbonyl (C=O) groups excluding carboxylic acids is 1. The molecule has 2 atom stereocenters. The number of carbonyl (C=O) groups is 1. The molecule has 1 aliphatic heterocycles. The Balaban J connectivity index is 1.85. The lowest BCUT2D eigenvalue weighted by Crippen LogP contribution is -2.49. The summed E-state index contributed by atoms with van der Waals surface area (Å²) >= 11 is 5.88. The molecule has 1 aliphatic rings. The standard InChI is InChI=1S/C19H19ClF2N2O/c1-24(19(25)12-2-5-14(20)6-3-12)18-8-9-23-11-15(18)13-4-7-16(21)17(22)10-13/h2-7,10,15,18,23H,8-9,11H2,1H3. The lowest BCUT2D eigenvalue weighted by atomic mass is 9.85. The minimum absolute atomic E-state index is 0.103. The molecule has 2 unspecified atom stereocenters.